The minimum atomic E-state index is -0.0993. The molecule has 0 spiro atoms. The molecule has 5 heteroatoms. The van der Waals surface area contributed by atoms with Crippen LogP contribution in [0.25, 0.3) is 0 Å². The second kappa shape index (κ2) is 3.57. The van der Waals surface area contributed by atoms with Gasteiger partial charge in [-0.05, 0) is 12.1 Å². The lowest BCUT2D eigenvalue weighted by Crippen LogP contribution is -2.23. The standard InChI is InChI=1S/C8H7N3OS/c12-8-11-10-7(5-13-8)6-1-3-9-4-2-6/h1-4H,5H2,(H,11,12). The predicted molar refractivity (Wildman–Crippen MR) is 51.8 cm³/mol. The van der Waals surface area contributed by atoms with E-state index in [1.54, 1.807) is 12.4 Å². The summed E-state index contributed by atoms with van der Waals surface area (Å²) in [5.41, 5.74) is 4.31. The van der Waals surface area contributed by atoms with E-state index in [1.807, 2.05) is 12.1 Å². The highest BCUT2D eigenvalue weighted by Gasteiger charge is 2.12. The van der Waals surface area contributed by atoms with Crippen LogP contribution in [-0.4, -0.2) is 21.7 Å². The summed E-state index contributed by atoms with van der Waals surface area (Å²) in [7, 11) is 0. The maximum absolute atomic E-state index is 10.8. The number of nitrogens with zero attached hydrogens (tertiary/aromatic N) is 2. The predicted octanol–water partition coefficient (Wildman–Crippen LogP) is 1.24. The zero-order valence-corrected chi connectivity index (χ0v) is 7.54. The number of pyridine rings is 1. The van der Waals surface area contributed by atoms with E-state index in [2.05, 4.69) is 15.5 Å². The summed E-state index contributed by atoms with van der Waals surface area (Å²) in [6.07, 6.45) is 3.41. The maximum Gasteiger partial charge on any atom is 0.299 e. The number of amides is 1. The van der Waals surface area contributed by atoms with E-state index in [0.717, 1.165) is 11.3 Å². The van der Waals surface area contributed by atoms with Gasteiger partial charge in [0.1, 0.15) is 0 Å². The first-order chi connectivity index (χ1) is 6.36. The number of aromatic nitrogens is 1. The molecule has 0 bridgehead atoms. The molecule has 66 valence electrons. The summed E-state index contributed by atoms with van der Waals surface area (Å²) < 4.78 is 0. The fourth-order valence-electron chi connectivity index (χ4n) is 1.00. The number of hydrogen-bond acceptors (Lipinski definition) is 4. The molecule has 0 unspecified atom stereocenters. The van der Waals surface area contributed by atoms with Crippen LogP contribution in [0.15, 0.2) is 29.6 Å². The van der Waals surface area contributed by atoms with Crippen LogP contribution >= 0.6 is 11.8 Å². The molecule has 0 aromatic carbocycles. The zero-order chi connectivity index (χ0) is 9.10. The van der Waals surface area contributed by atoms with Gasteiger partial charge in [0.05, 0.1) is 5.71 Å². The van der Waals surface area contributed by atoms with E-state index in [1.165, 1.54) is 11.8 Å². The third-order valence-electron chi connectivity index (χ3n) is 1.64. The molecule has 1 aromatic heterocycles. The second-order valence-electron chi connectivity index (χ2n) is 2.48. The van der Waals surface area contributed by atoms with Gasteiger partial charge < -0.3 is 0 Å². The van der Waals surface area contributed by atoms with Gasteiger partial charge in [0.25, 0.3) is 5.24 Å². The monoisotopic (exact) mass is 193 g/mol. The molecule has 0 saturated carbocycles. The van der Waals surface area contributed by atoms with E-state index in [-0.39, 0.29) is 5.24 Å². The van der Waals surface area contributed by atoms with Crippen LogP contribution in [0.5, 0.6) is 0 Å². The molecule has 1 amide bonds. The minimum Gasteiger partial charge on any atom is -0.265 e. The molecule has 1 aromatic rings. The van der Waals surface area contributed by atoms with Crippen LogP contribution in [-0.2, 0) is 0 Å². The fourth-order valence-corrected chi connectivity index (χ4v) is 1.61. The van der Waals surface area contributed by atoms with Gasteiger partial charge in [0, 0.05) is 23.7 Å². The number of nitrogens with one attached hydrogen (secondary N) is 1. The van der Waals surface area contributed by atoms with Crippen molar-refractivity contribution in [3.8, 4) is 0 Å². The lowest BCUT2D eigenvalue weighted by Gasteiger charge is -2.10. The molecule has 2 heterocycles. The number of carbonyl (C=O) groups is 1. The van der Waals surface area contributed by atoms with Crippen molar-refractivity contribution in [2.45, 2.75) is 0 Å². The lowest BCUT2D eigenvalue weighted by molar-refractivity contribution is 0.261. The normalized spacial score (nSPS) is 16.3. The highest BCUT2D eigenvalue weighted by molar-refractivity contribution is 8.14. The first-order valence-electron chi connectivity index (χ1n) is 3.76. The van der Waals surface area contributed by atoms with Crippen LogP contribution < -0.4 is 5.43 Å². The van der Waals surface area contributed by atoms with Gasteiger partial charge in [-0.1, -0.05) is 11.8 Å². The Morgan fingerprint density at radius 3 is 2.77 bits per heavy atom. The molecular weight excluding hydrogens is 186 g/mol. The topological polar surface area (TPSA) is 54.4 Å². The molecule has 0 atom stereocenters. The number of carbonyl (C=O) groups excluding carboxylic acids is 1. The first kappa shape index (κ1) is 8.25. The van der Waals surface area contributed by atoms with Crippen molar-refractivity contribution < 1.29 is 4.79 Å². The Balaban J connectivity index is 2.23. The first-order valence-corrected chi connectivity index (χ1v) is 4.74. The third kappa shape index (κ3) is 1.86. The van der Waals surface area contributed by atoms with E-state index in [0.29, 0.717) is 5.75 Å². The molecule has 13 heavy (non-hydrogen) atoms. The van der Waals surface area contributed by atoms with Crippen molar-refractivity contribution in [1.29, 1.82) is 0 Å². The Morgan fingerprint density at radius 2 is 2.15 bits per heavy atom. The lowest BCUT2D eigenvalue weighted by atomic mass is 10.2. The molecule has 4 nitrogen and oxygen atoms in total. The number of rotatable bonds is 1. The van der Waals surface area contributed by atoms with Crippen molar-refractivity contribution in [3.63, 3.8) is 0 Å². The molecule has 0 aliphatic carbocycles. The molecule has 1 aliphatic rings. The van der Waals surface area contributed by atoms with Crippen molar-refractivity contribution in [1.82, 2.24) is 10.4 Å². The zero-order valence-electron chi connectivity index (χ0n) is 6.73. The highest BCUT2D eigenvalue weighted by Crippen LogP contribution is 2.11. The van der Waals surface area contributed by atoms with Crippen molar-refractivity contribution in [2.24, 2.45) is 5.10 Å². The summed E-state index contributed by atoms with van der Waals surface area (Å²) >= 11 is 1.22. The van der Waals surface area contributed by atoms with Gasteiger partial charge in [0.2, 0.25) is 0 Å². The van der Waals surface area contributed by atoms with Crippen LogP contribution in [0.1, 0.15) is 5.56 Å². The smallest absolute Gasteiger partial charge is 0.265 e. The summed E-state index contributed by atoms with van der Waals surface area (Å²) in [4.78, 5) is 14.7. The Kier molecular flexibility index (Phi) is 2.27. The molecule has 1 N–H and O–H groups in total. The van der Waals surface area contributed by atoms with E-state index < -0.39 is 0 Å². The van der Waals surface area contributed by atoms with Gasteiger partial charge in [-0.3, -0.25) is 9.78 Å². The van der Waals surface area contributed by atoms with Gasteiger partial charge in [0.15, 0.2) is 0 Å². The van der Waals surface area contributed by atoms with Crippen LogP contribution in [0.4, 0.5) is 4.79 Å². The Bertz CT molecular complexity index is 350. The van der Waals surface area contributed by atoms with Gasteiger partial charge in [-0.15, -0.1) is 0 Å². The van der Waals surface area contributed by atoms with E-state index >= 15 is 0 Å². The number of hydrogen-bond donors (Lipinski definition) is 1. The average molecular weight is 193 g/mol. The molecule has 0 radical (unpaired) electrons. The van der Waals surface area contributed by atoms with Crippen molar-refractivity contribution in [3.05, 3.63) is 30.1 Å². The maximum atomic E-state index is 10.8. The molecule has 1 aliphatic heterocycles. The largest absolute Gasteiger partial charge is 0.299 e. The highest BCUT2D eigenvalue weighted by atomic mass is 32.2. The Morgan fingerprint density at radius 1 is 1.38 bits per heavy atom. The Hall–Kier alpha value is -1.36. The van der Waals surface area contributed by atoms with E-state index in [9.17, 15) is 4.79 Å². The van der Waals surface area contributed by atoms with Crippen LogP contribution in [0.2, 0.25) is 0 Å². The third-order valence-corrected chi connectivity index (χ3v) is 2.41. The summed E-state index contributed by atoms with van der Waals surface area (Å²) in [5.74, 6) is 0.621. The molecule has 0 saturated heterocycles. The van der Waals surface area contributed by atoms with Crippen LogP contribution in [0.3, 0.4) is 0 Å². The van der Waals surface area contributed by atoms with Gasteiger partial charge in [-0.25, -0.2) is 5.43 Å². The van der Waals surface area contributed by atoms with Crippen LogP contribution in [0, 0.1) is 0 Å². The summed E-state index contributed by atoms with van der Waals surface area (Å²) in [5, 5.41) is 3.85. The van der Waals surface area contributed by atoms with Gasteiger partial charge >= 0.3 is 0 Å². The average Bonchev–Trinajstić information content (AvgIpc) is 2.20. The SMILES string of the molecule is O=C1NN=C(c2ccncc2)CS1. The van der Waals surface area contributed by atoms with Gasteiger partial charge in [-0.2, -0.15) is 5.10 Å². The van der Waals surface area contributed by atoms with Crippen molar-refractivity contribution in [2.75, 3.05) is 5.75 Å². The fraction of sp³-hybridized carbons (Fsp3) is 0.125. The molecule has 0 fully saturated rings. The second-order valence-corrected chi connectivity index (χ2v) is 3.43. The summed E-state index contributed by atoms with van der Waals surface area (Å²) in [6.45, 7) is 0. The molecule has 2 rings (SSSR count). The quantitative estimate of drug-likeness (QED) is 0.730. The summed E-state index contributed by atoms with van der Waals surface area (Å²) in [6, 6.07) is 3.74. The number of thioether (sulfide) groups is 1. The molecular formula is C8H7N3OS. The van der Waals surface area contributed by atoms with E-state index in [4.69, 9.17) is 0 Å². The van der Waals surface area contributed by atoms with Crippen molar-refractivity contribution >= 4 is 22.7 Å². The minimum absolute atomic E-state index is 0.0993. The Labute approximate surface area is 79.4 Å². The number of hydrazone groups is 1.